The first-order valence-corrected chi connectivity index (χ1v) is 9.18. The molecule has 0 radical (unpaired) electrons. The van der Waals surface area contributed by atoms with E-state index in [-0.39, 0.29) is 5.97 Å². The first-order chi connectivity index (χ1) is 13.7. The number of carbonyl (C=O) groups is 1. The second-order valence-corrected chi connectivity index (χ2v) is 7.76. The van der Waals surface area contributed by atoms with E-state index in [9.17, 15) is 9.59 Å². The first kappa shape index (κ1) is 20.5. The fraction of sp³-hybridized carbons (Fsp3) is 0.304. The molecule has 0 aliphatic carbocycles. The SMILES string of the molecule is COc1ccc(-c2c(C)c3ccc(OC(=O)C(C)(C)C)cc3oc2=O)cc1OC. The molecule has 0 fully saturated rings. The molecule has 0 atom stereocenters. The van der Waals surface area contributed by atoms with Gasteiger partial charge in [0.2, 0.25) is 0 Å². The van der Waals surface area contributed by atoms with Crippen LogP contribution < -0.4 is 19.8 Å². The zero-order valence-electron chi connectivity index (χ0n) is 17.4. The summed E-state index contributed by atoms with van der Waals surface area (Å²) in [5, 5.41) is 0.755. The molecule has 0 saturated carbocycles. The van der Waals surface area contributed by atoms with Gasteiger partial charge in [-0.1, -0.05) is 6.07 Å². The predicted molar refractivity (Wildman–Crippen MR) is 111 cm³/mol. The topological polar surface area (TPSA) is 75.0 Å². The van der Waals surface area contributed by atoms with Crippen LogP contribution >= 0.6 is 0 Å². The molecule has 0 unspecified atom stereocenters. The van der Waals surface area contributed by atoms with Crippen molar-refractivity contribution in [2.45, 2.75) is 27.7 Å². The molecule has 0 saturated heterocycles. The van der Waals surface area contributed by atoms with Crippen LogP contribution in [0.3, 0.4) is 0 Å². The number of rotatable bonds is 4. The highest BCUT2D eigenvalue weighted by Crippen LogP contribution is 2.34. The van der Waals surface area contributed by atoms with Crippen LogP contribution in [0.15, 0.2) is 45.6 Å². The minimum atomic E-state index is -0.636. The van der Waals surface area contributed by atoms with Gasteiger partial charge in [0.15, 0.2) is 11.5 Å². The number of hydrogen-bond acceptors (Lipinski definition) is 6. The molecule has 29 heavy (non-hydrogen) atoms. The van der Waals surface area contributed by atoms with Gasteiger partial charge in [-0.15, -0.1) is 0 Å². The molecule has 0 aliphatic rings. The minimum absolute atomic E-state index is 0.332. The van der Waals surface area contributed by atoms with Crippen LogP contribution in [0.5, 0.6) is 17.2 Å². The van der Waals surface area contributed by atoms with Crippen LogP contribution in [0.25, 0.3) is 22.1 Å². The van der Waals surface area contributed by atoms with Gasteiger partial charge < -0.3 is 18.6 Å². The molecule has 152 valence electrons. The monoisotopic (exact) mass is 396 g/mol. The Labute approximate surface area is 169 Å². The van der Waals surface area contributed by atoms with Crippen LogP contribution in [-0.2, 0) is 4.79 Å². The average Bonchev–Trinajstić information content (AvgIpc) is 2.66. The van der Waals surface area contributed by atoms with Crippen molar-refractivity contribution in [3.05, 3.63) is 52.4 Å². The predicted octanol–water partition coefficient (Wildman–Crippen LogP) is 4.74. The number of carbonyl (C=O) groups excluding carboxylic acids is 1. The van der Waals surface area contributed by atoms with Crippen LogP contribution in [0.4, 0.5) is 0 Å². The zero-order chi connectivity index (χ0) is 21.3. The summed E-state index contributed by atoms with van der Waals surface area (Å²) in [4.78, 5) is 24.9. The van der Waals surface area contributed by atoms with E-state index in [1.165, 1.54) is 7.11 Å². The van der Waals surface area contributed by atoms with Gasteiger partial charge in [0.25, 0.3) is 0 Å². The van der Waals surface area contributed by atoms with Crippen molar-refractivity contribution in [3.8, 4) is 28.4 Å². The maximum atomic E-state index is 12.8. The lowest BCUT2D eigenvalue weighted by Gasteiger charge is -2.16. The normalized spacial score (nSPS) is 11.4. The van der Waals surface area contributed by atoms with Crippen molar-refractivity contribution >= 4 is 16.9 Å². The lowest BCUT2D eigenvalue weighted by Crippen LogP contribution is -2.25. The molecule has 1 heterocycles. The largest absolute Gasteiger partial charge is 0.493 e. The van der Waals surface area contributed by atoms with Gasteiger partial charge >= 0.3 is 11.6 Å². The molecule has 3 aromatic rings. The van der Waals surface area contributed by atoms with Crippen molar-refractivity contribution in [1.82, 2.24) is 0 Å². The van der Waals surface area contributed by atoms with Crippen molar-refractivity contribution in [3.63, 3.8) is 0 Å². The second kappa shape index (κ2) is 7.62. The minimum Gasteiger partial charge on any atom is -0.493 e. The highest BCUT2D eigenvalue weighted by molar-refractivity contribution is 5.88. The van der Waals surface area contributed by atoms with Gasteiger partial charge in [-0.3, -0.25) is 4.79 Å². The number of hydrogen-bond donors (Lipinski definition) is 0. The second-order valence-electron chi connectivity index (χ2n) is 7.76. The van der Waals surface area contributed by atoms with Gasteiger partial charge in [-0.05, 0) is 63.1 Å². The fourth-order valence-corrected chi connectivity index (χ4v) is 2.99. The molecular formula is C23H24O6. The summed E-state index contributed by atoms with van der Waals surface area (Å²) >= 11 is 0. The standard InChI is InChI=1S/C23H24O6/c1-13-16-9-8-15(28-22(25)23(2,3)4)12-18(16)29-21(24)20(13)14-7-10-17(26-5)19(11-14)27-6/h7-12H,1-6H3. The van der Waals surface area contributed by atoms with E-state index in [1.807, 2.05) is 6.92 Å². The van der Waals surface area contributed by atoms with E-state index >= 15 is 0 Å². The Balaban J connectivity index is 2.09. The number of aryl methyl sites for hydroxylation is 1. The van der Waals surface area contributed by atoms with E-state index in [2.05, 4.69) is 0 Å². The summed E-state index contributed by atoms with van der Waals surface area (Å²) in [5.74, 6) is 1.06. The van der Waals surface area contributed by atoms with Gasteiger partial charge in [0.05, 0.1) is 25.2 Å². The van der Waals surface area contributed by atoms with Gasteiger partial charge in [0, 0.05) is 11.5 Å². The Morgan fingerprint density at radius 1 is 0.966 bits per heavy atom. The third-order valence-electron chi connectivity index (χ3n) is 4.63. The number of fused-ring (bicyclic) bond motifs is 1. The maximum Gasteiger partial charge on any atom is 0.344 e. The lowest BCUT2D eigenvalue weighted by molar-refractivity contribution is -0.142. The summed E-state index contributed by atoms with van der Waals surface area (Å²) < 4.78 is 21.6. The molecule has 0 bridgehead atoms. The van der Waals surface area contributed by atoms with Crippen LogP contribution in [-0.4, -0.2) is 20.2 Å². The zero-order valence-corrected chi connectivity index (χ0v) is 17.4. The Kier molecular flexibility index (Phi) is 5.38. The number of methoxy groups -OCH3 is 2. The van der Waals surface area contributed by atoms with E-state index in [1.54, 1.807) is 64.3 Å². The van der Waals surface area contributed by atoms with Gasteiger partial charge in [0.1, 0.15) is 11.3 Å². The smallest absolute Gasteiger partial charge is 0.344 e. The molecule has 2 aromatic carbocycles. The Morgan fingerprint density at radius 3 is 2.28 bits per heavy atom. The van der Waals surface area contributed by atoms with E-state index in [4.69, 9.17) is 18.6 Å². The summed E-state index contributed by atoms with van der Waals surface area (Å²) in [6.45, 7) is 7.17. The van der Waals surface area contributed by atoms with E-state index in [0.29, 0.717) is 34.0 Å². The molecule has 0 aliphatic heterocycles. The first-order valence-electron chi connectivity index (χ1n) is 9.18. The Morgan fingerprint density at radius 2 is 1.66 bits per heavy atom. The van der Waals surface area contributed by atoms with Gasteiger partial charge in [-0.2, -0.15) is 0 Å². The van der Waals surface area contributed by atoms with Gasteiger partial charge in [-0.25, -0.2) is 4.79 Å². The quantitative estimate of drug-likeness (QED) is 0.360. The molecule has 0 N–H and O–H groups in total. The highest BCUT2D eigenvalue weighted by Gasteiger charge is 2.24. The number of esters is 1. The molecule has 3 rings (SSSR count). The maximum absolute atomic E-state index is 12.8. The van der Waals surface area contributed by atoms with Crippen molar-refractivity contribution in [2.24, 2.45) is 5.41 Å². The fourth-order valence-electron chi connectivity index (χ4n) is 2.99. The summed E-state index contributed by atoms with van der Waals surface area (Å²) in [6, 6.07) is 10.3. The van der Waals surface area contributed by atoms with Crippen molar-refractivity contribution in [2.75, 3.05) is 14.2 Å². The third-order valence-corrected chi connectivity index (χ3v) is 4.63. The van der Waals surface area contributed by atoms with Crippen LogP contribution in [0.1, 0.15) is 26.3 Å². The van der Waals surface area contributed by atoms with E-state index in [0.717, 1.165) is 10.9 Å². The van der Waals surface area contributed by atoms with E-state index < -0.39 is 11.0 Å². The van der Waals surface area contributed by atoms with Crippen molar-refractivity contribution in [1.29, 1.82) is 0 Å². The summed E-state index contributed by atoms with van der Waals surface area (Å²) in [5.41, 5.74) is 1.11. The summed E-state index contributed by atoms with van der Waals surface area (Å²) in [6.07, 6.45) is 0. The van der Waals surface area contributed by atoms with Crippen molar-refractivity contribution < 1.29 is 23.4 Å². The Hall–Kier alpha value is -3.28. The van der Waals surface area contributed by atoms with Crippen LogP contribution in [0.2, 0.25) is 0 Å². The molecule has 1 aromatic heterocycles. The summed E-state index contributed by atoms with van der Waals surface area (Å²) in [7, 11) is 3.09. The van der Waals surface area contributed by atoms with Crippen LogP contribution in [0, 0.1) is 12.3 Å². The highest BCUT2D eigenvalue weighted by atomic mass is 16.5. The molecule has 6 heteroatoms. The molecule has 0 amide bonds. The lowest BCUT2D eigenvalue weighted by atomic mass is 9.97. The average molecular weight is 396 g/mol. The number of ether oxygens (including phenoxy) is 3. The number of benzene rings is 2. The molecular weight excluding hydrogens is 372 g/mol. The molecule has 6 nitrogen and oxygen atoms in total. The Bertz CT molecular complexity index is 1130. The molecule has 0 spiro atoms. The third kappa shape index (κ3) is 3.97.